The van der Waals surface area contributed by atoms with Crippen molar-refractivity contribution < 1.29 is 18.7 Å². The molecule has 1 aromatic rings. The molecule has 0 aliphatic heterocycles. The van der Waals surface area contributed by atoms with Gasteiger partial charge in [0.15, 0.2) is 6.61 Å². The van der Waals surface area contributed by atoms with Crippen LogP contribution in [-0.4, -0.2) is 25.0 Å². The zero-order valence-electron chi connectivity index (χ0n) is 10.7. The average Bonchev–Trinajstić information content (AvgIpc) is 2.42. The van der Waals surface area contributed by atoms with Crippen molar-refractivity contribution in [2.24, 2.45) is 0 Å². The fraction of sp³-hybridized carbons (Fsp3) is 0.286. The van der Waals surface area contributed by atoms with Crippen LogP contribution in [0.5, 0.6) is 0 Å². The van der Waals surface area contributed by atoms with Gasteiger partial charge < -0.3 is 10.1 Å². The SMILES string of the molecule is CCCNC(=O)COC(=O)/C=C/c1ccccc1F. The van der Waals surface area contributed by atoms with E-state index in [1.54, 1.807) is 12.1 Å². The van der Waals surface area contributed by atoms with E-state index < -0.39 is 11.8 Å². The molecule has 1 aromatic carbocycles. The Labute approximate surface area is 111 Å². The highest BCUT2D eigenvalue weighted by molar-refractivity contribution is 5.89. The predicted molar refractivity (Wildman–Crippen MR) is 69.7 cm³/mol. The summed E-state index contributed by atoms with van der Waals surface area (Å²) in [5.41, 5.74) is 0.287. The number of hydrogen-bond donors (Lipinski definition) is 1. The molecule has 4 nitrogen and oxygen atoms in total. The van der Waals surface area contributed by atoms with Gasteiger partial charge in [-0.15, -0.1) is 0 Å². The van der Waals surface area contributed by atoms with Gasteiger partial charge in [0.25, 0.3) is 5.91 Å². The summed E-state index contributed by atoms with van der Waals surface area (Å²) in [7, 11) is 0. The smallest absolute Gasteiger partial charge is 0.331 e. The van der Waals surface area contributed by atoms with E-state index in [1.807, 2.05) is 6.92 Å². The van der Waals surface area contributed by atoms with Gasteiger partial charge in [0.1, 0.15) is 5.82 Å². The number of carbonyl (C=O) groups excluding carboxylic acids is 2. The number of rotatable bonds is 6. The highest BCUT2D eigenvalue weighted by Gasteiger charge is 2.04. The summed E-state index contributed by atoms with van der Waals surface area (Å²) in [5.74, 6) is -1.46. The second-order valence-corrected chi connectivity index (χ2v) is 3.81. The number of esters is 1. The van der Waals surface area contributed by atoms with E-state index in [0.717, 1.165) is 12.5 Å². The van der Waals surface area contributed by atoms with Crippen LogP contribution in [0.1, 0.15) is 18.9 Å². The first-order chi connectivity index (χ1) is 9.13. The van der Waals surface area contributed by atoms with Gasteiger partial charge >= 0.3 is 5.97 Å². The first-order valence-electron chi connectivity index (χ1n) is 5.99. The maximum absolute atomic E-state index is 13.2. The summed E-state index contributed by atoms with van der Waals surface area (Å²) in [4.78, 5) is 22.5. The number of benzene rings is 1. The number of nitrogens with one attached hydrogen (secondary N) is 1. The average molecular weight is 265 g/mol. The number of hydrogen-bond acceptors (Lipinski definition) is 3. The van der Waals surface area contributed by atoms with Crippen LogP contribution in [0.4, 0.5) is 4.39 Å². The molecule has 0 atom stereocenters. The van der Waals surface area contributed by atoms with Gasteiger partial charge in [0.2, 0.25) is 0 Å². The highest BCUT2D eigenvalue weighted by atomic mass is 19.1. The van der Waals surface area contributed by atoms with Crippen LogP contribution < -0.4 is 5.32 Å². The second kappa shape index (κ2) is 8.02. The van der Waals surface area contributed by atoms with Crippen molar-refractivity contribution in [3.8, 4) is 0 Å². The number of halogens is 1. The van der Waals surface area contributed by atoms with E-state index in [4.69, 9.17) is 4.74 Å². The van der Waals surface area contributed by atoms with E-state index in [9.17, 15) is 14.0 Å². The normalized spacial score (nSPS) is 10.4. The molecule has 0 saturated heterocycles. The molecule has 102 valence electrons. The molecule has 19 heavy (non-hydrogen) atoms. The van der Waals surface area contributed by atoms with E-state index in [0.29, 0.717) is 6.54 Å². The van der Waals surface area contributed by atoms with E-state index in [-0.39, 0.29) is 18.1 Å². The lowest BCUT2D eigenvalue weighted by molar-refractivity contribution is -0.143. The van der Waals surface area contributed by atoms with Gasteiger partial charge in [-0.3, -0.25) is 4.79 Å². The maximum atomic E-state index is 13.2. The monoisotopic (exact) mass is 265 g/mol. The van der Waals surface area contributed by atoms with Gasteiger partial charge in [0.05, 0.1) is 0 Å². The van der Waals surface area contributed by atoms with Crippen molar-refractivity contribution in [3.05, 3.63) is 41.7 Å². The van der Waals surface area contributed by atoms with Gasteiger partial charge in [-0.1, -0.05) is 25.1 Å². The molecule has 1 N–H and O–H groups in total. The van der Waals surface area contributed by atoms with Crippen molar-refractivity contribution >= 4 is 18.0 Å². The number of ether oxygens (including phenoxy) is 1. The molecule has 0 aromatic heterocycles. The minimum Gasteiger partial charge on any atom is -0.452 e. The molecule has 0 radical (unpaired) electrons. The molecule has 0 spiro atoms. The summed E-state index contributed by atoms with van der Waals surface area (Å²) >= 11 is 0. The minimum absolute atomic E-state index is 0.287. The Hall–Kier alpha value is -2.17. The van der Waals surface area contributed by atoms with Crippen molar-refractivity contribution in [2.45, 2.75) is 13.3 Å². The van der Waals surface area contributed by atoms with Crippen molar-refractivity contribution in [1.29, 1.82) is 0 Å². The zero-order valence-corrected chi connectivity index (χ0v) is 10.7. The topological polar surface area (TPSA) is 55.4 Å². The van der Waals surface area contributed by atoms with Crippen LogP contribution in [0.3, 0.4) is 0 Å². The molecular weight excluding hydrogens is 249 g/mol. The van der Waals surface area contributed by atoms with Crippen molar-refractivity contribution in [2.75, 3.05) is 13.2 Å². The molecule has 0 aliphatic rings. The maximum Gasteiger partial charge on any atom is 0.331 e. The lowest BCUT2D eigenvalue weighted by Crippen LogP contribution is -2.28. The fourth-order valence-corrected chi connectivity index (χ4v) is 1.27. The number of carbonyl (C=O) groups is 2. The third-order valence-electron chi connectivity index (χ3n) is 2.22. The van der Waals surface area contributed by atoms with E-state index >= 15 is 0 Å². The molecule has 0 fully saturated rings. The molecular formula is C14H16FNO3. The number of amides is 1. The summed E-state index contributed by atoms with van der Waals surface area (Å²) in [6, 6.07) is 6.05. The first kappa shape index (κ1) is 14.9. The van der Waals surface area contributed by atoms with E-state index in [2.05, 4.69) is 5.32 Å². The molecule has 0 aliphatic carbocycles. The Morgan fingerprint density at radius 3 is 2.79 bits per heavy atom. The standard InChI is InChI=1S/C14H16FNO3/c1-2-9-16-13(17)10-19-14(18)8-7-11-5-3-4-6-12(11)15/h3-8H,2,9-10H2,1H3,(H,16,17)/b8-7+. The Morgan fingerprint density at radius 1 is 1.37 bits per heavy atom. The van der Waals surface area contributed by atoms with Gasteiger partial charge in [0, 0.05) is 18.2 Å². The van der Waals surface area contributed by atoms with Crippen LogP contribution in [0.25, 0.3) is 6.08 Å². The summed E-state index contributed by atoms with van der Waals surface area (Å²) in [5, 5.41) is 2.57. The van der Waals surface area contributed by atoms with Crippen LogP contribution in [0, 0.1) is 5.82 Å². The molecule has 1 amide bonds. The molecule has 0 unspecified atom stereocenters. The highest BCUT2D eigenvalue weighted by Crippen LogP contribution is 2.07. The molecule has 0 saturated carbocycles. The Bertz CT molecular complexity index is 472. The summed E-state index contributed by atoms with van der Waals surface area (Å²) in [6.07, 6.45) is 3.21. The van der Waals surface area contributed by atoms with Crippen molar-refractivity contribution in [1.82, 2.24) is 5.32 Å². The van der Waals surface area contributed by atoms with Gasteiger partial charge in [-0.2, -0.15) is 0 Å². The molecule has 0 bridgehead atoms. The van der Waals surface area contributed by atoms with E-state index in [1.165, 1.54) is 18.2 Å². The summed E-state index contributed by atoms with van der Waals surface area (Å²) < 4.78 is 17.9. The Kier molecular flexibility index (Phi) is 6.29. The summed E-state index contributed by atoms with van der Waals surface area (Å²) in [6.45, 7) is 2.13. The van der Waals surface area contributed by atoms with Crippen LogP contribution in [0.15, 0.2) is 30.3 Å². The Morgan fingerprint density at radius 2 is 2.11 bits per heavy atom. The van der Waals surface area contributed by atoms with Crippen molar-refractivity contribution in [3.63, 3.8) is 0 Å². The second-order valence-electron chi connectivity index (χ2n) is 3.81. The first-order valence-corrected chi connectivity index (χ1v) is 5.99. The molecule has 1 rings (SSSR count). The third kappa shape index (κ3) is 5.81. The van der Waals surface area contributed by atoms with Crippen LogP contribution in [0.2, 0.25) is 0 Å². The molecule has 5 heteroatoms. The van der Waals surface area contributed by atoms with Crippen LogP contribution >= 0.6 is 0 Å². The third-order valence-corrected chi connectivity index (χ3v) is 2.22. The lowest BCUT2D eigenvalue weighted by Gasteiger charge is -2.03. The van der Waals surface area contributed by atoms with Crippen LogP contribution in [-0.2, 0) is 14.3 Å². The lowest BCUT2D eigenvalue weighted by atomic mass is 10.2. The minimum atomic E-state index is -0.685. The van der Waals surface area contributed by atoms with Gasteiger partial charge in [-0.25, -0.2) is 9.18 Å². The zero-order chi connectivity index (χ0) is 14.1. The fourth-order valence-electron chi connectivity index (χ4n) is 1.27. The Balaban J connectivity index is 2.39. The largest absolute Gasteiger partial charge is 0.452 e. The predicted octanol–water partition coefficient (Wildman–Crippen LogP) is 1.91. The van der Waals surface area contributed by atoms with Gasteiger partial charge in [-0.05, 0) is 18.6 Å². The molecule has 0 heterocycles. The quantitative estimate of drug-likeness (QED) is 0.631.